The number of nitrogens with two attached hydrogens (primary N) is 1. The molecule has 0 spiro atoms. The van der Waals surface area contributed by atoms with E-state index in [0.717, 1.165) is 10.2 Å². The topological polar surface area (TPSA) is 98.0 Å². The zero-order chi connectivity index (χ0) is 13.7. The highest BCUT2D eigenvalue weighted by atomic mass is 79.9. The molecule has 2 rings (SSSR count). The molecule has 0 amide bonds. The van der Waals surface area contributed by atoms with Crippen molar-refractivity contribution in [1.29, 1.82) is 0 Å². The van der Waals surface area contributed by atoms with Crippen LogP contribution in [0.5, 0.6) is 6.01 Å². The first kappa shape index (κ1) is 13.5. The largest absolute Gasteiger partial charge is 0.464 e. The molecule has 0 aliphatic carbocycles. The van der Waals surface area contributed by atoms with Crippen molar-refractivity contribution in [1.82, 2.24) is 15.0 Å². The van der Waals surface area contributed by atoms with E-state index in [2.05, 4.69) is 41.6 Å². The molecule has 0 saturated heterocycles. The fourth-order valence-electron chi connectivity index (χ4n) is 1.37. The molecule has 0 aliphatic rings. The number of rotatable bonds is 5. The van der Waals surface area contributed by atoms with Crippen LogP contribution in [0, 0.1) is 0 Å². The summed E-state index contributed by atoms with van der Waals surface area (Å²) in [6.07, 6.45) is 0. The smallest absolute Gasteiger partial charge is 0.323 e. The molecule has 100 valence electrons. The summed E-state index contributed by atoms with van der Waals surface area (Å²) in [6.45, 7) is 2.31. The Hall–Kier alpha value is -1.93. The Bertz CT molecular complexity index is 565. The number of hydrogen-bond acceptors (Lipinski definition) is 7. The highest BCUT2D eigenvalue weighted by Gasteiger charge is 2.06. The van der Waals surface area contributed by atoms with Crippen LogP contribution in [0.1, 0.15) is 6.92 Å². The van der Waals surface area contributed by atoms with E-state index in [1.165, 1.54) is 0 Å². The van der Waals surface area contributed by atoms with Crippen LogP contribution >= 0.6 is 15.9 Å². The standard InChI is InChI=1S/C11H13BrN6O/c1-2-19-11-16-9(15-10(17-11)18-13)14-8-5-3-4-7(12)6-8/h3-6H,2,13H2,1H3,(H2,14,15,16,17,18). The molecule has 7 nitrogen and oxygen atoms in total. The third-order valence-corrected chi connectivity index (χ3v) is 2.59. The van der Waals surface area contributed by atoms with Gasteiger partial charge < -0.3 is 10.1 Å². The average molecular weight is 325 g/mol. The minimum absolute atomic E-state index is 0.211. The molecule has 0 bridgehead atoms. The van der Waals surface area contributed by atoms with E-state index in [9.17, 15) is 0 Å². The molecule has 1 aromatic carbocycles. The first-order valence-electron chi connectivity index (χ1n) is 5.59. The summed E-state index contributed by atoms with van der Waals surface area (Å²) >= 11 is 3.39. The minimum atomic E-state index is 0.211. The van der Waals surface area contributed by atoms with Crippen molar-refractivity contribution in [3.05, 3.63) is 28.7 Å². The first-order chi connectivity index (χ1) is 9.21. The van der Waals surface area contributed by atoms with Crippen molar-refractivity contribution in [3.8, 4) is 6.01 Å². The highest BCUT2D eigenvalue weighted by molar-refractivity contribution is 9.10. The van der Waals surface area contributed by atoms with Crippen molar-refractivity contribution in [2.45, 2.75) is 6.92 Å². The number of nitrogen functional groups attached to an aromatic ring is 1. The summed E-state index contributed by atoms with van der Waals surface area (Å²) in [4.78, 5) is 12.2. The van der Waals surface area contributed by atoms with Crippen molar-refractivity contribution >= 4 is 33.5 Å². The van der Waals surface area contributed by atoms with E-state index in [4.69, 9.17) is 10.6 Å². The van der Waals surface area contributed by atoms with Gasteiger partial charge in [0.1, 0.15) is 0 Å². The monoisotopic (exact) mass is 324 g/mol. The maximum atomic E-state index is 5.31. The van der Waals surface area contributed by atoms with Gasteiger partial charge in [-0.25, -0.2) is 5.84 Å². The van der Waals surface area contributed by atoms with E-state index in [-0.39, 0.29) is 12.0 Å². The molecule has 4 N–H and O–H groups in total. The van der Waals surface area contributed by atoms with Crippen LogP contribution in [0.3, 0.4) is 0 Å². The summed E-state index contributed by atoms with van der Waals surface area (Å²) in [5.74, 6) is 5.89. The van der Waals surface area contributed by atoms with Crippen molar-refractivity contribution in [3.63, 3.8) is 0 Å². The number of anilines is 3. The molecule has 0 atom stereocenters. The second-order valence-electron chi connectivity index (χ2n) is 3.48. The lowest BCUT2D eigenvalue weighted by Gasteiger charge is -2.08. The normalized spacial score (nSPS) is 10.1. The van der Waals surface area contributed by atoms with Crippen LogP contribution in [-0.4, -0.2) is 21.6 Å². The first-order valence-corrected chi connectivity index (χ1v) is 6.38. The number of hydrazine groups is 1. The Balaban J connectivity index is 2.26. The van der Waals surface area contributed by atoms with Gasteiger partial charge in [0.25, 0.3) is 0 Å². The van der Waals surface area contributed by atoms with Crippen LogP contribution < -0.4 is 21.3 Å². The van der Waals surface area contributed by atoms with E-state index in [0.29, 0.717) is 12.6 Å². The van der Waals surface area contributed by atoms with Crippen LogP contribution in [0.2, 0.25) is 0 Å². The van der Waals surface area contributed by atoms with E-state index >= 15 is 0 Å². The Labute approximate surface area is 118 Å². The molecule has 0 radical (unpaired) electrons. The Morgan fingerprint density at radius 2 is 2.05 bits per heavy atom. The van der Waals surface area contributed by atoms with Crippen molar-refractivity contribution in [2.75, 3.05) is 17.3 Å². The molecule has 1 heterocycles. The third kappa shape index (κ3) is 3.76. The number of nitrogens with one attached hydrogen (secondary N) is 2. The molecule has 2 aromatic rings. The lowest BCUT2D eigenvalue weighted by Crippen LogP contribution is -2.13. The zero-order valence-corrected chi connectivity index (χ0v) is 11.8. The Kier molecular flexibility index (Phi) is 4.48. The summed E-state index contributed by atoms with van der Waals surface area (Å²) in [5.41, 5.74) is 3.21. The summed E-state index contributed by atoms with van der Waals surface area (Å²) < 4.78 is 6.20. The second-order valence-corrected chi connectivity index (χ2v) is 4.39. The number of ether oxygens (including phenoxy) is 1. The maximum absolute atomic E-state index is 5.31. The molecule has 19 heavy (non-hydrogen) atoms. The van der Waals surface area contributed by atoms with E-state index in [1.54, 1.807) is 0 Å². The Morgan fingerprint density at radius 1 is 1.26 bits per heavy atom. The van der Waals surface area contributed by atoms with Gasteiger partial charge in [0.05, 0.1) is 6.61 Å². The van der Waals surface area contributed by atoms with Crippen LogP contribution in [0.25, 0.3) is 0 Å². The molecule has 0 saturated carbocycles. The summed E-state index contributed by atoms with van der Waals surface area (Å²) in [6, 6.07) is 7.84. The van der Waals surface area contributed by atoms with Gasteiger partial charge in [-0.2, -0.15) is 15.0 Å². The van der Waals surface area contributed by atoms with Crippen LogP contribution in [-0.2, 0) is 0 Å². The summed E-state index contributed by atoms with van der Waals surface area (Å²) in [7, 11) is 0. The van der Waals surface area contributed by atoms with Crippen LogP contribution in [0.4, 0.5) is 17.6 Å². The number of nitrogens with zero attached hydrogens (tertiary/aromatic N) is 3. The lowest BCUT2D eigenvalue weighted by molar-refractivity contribution is 0.312. The number of halogens is 1. The fraction of sp³-hybridized carbons (Fsp3) is 0.182. The van der Waals surface area contributed by atoms with Gasteiger partial charge >= 0.3 is 6.01 Å². The quantitative estimate of drug-likeness (QED) is 0.572. The van der Waals surface area contributed by atoms with Gasteiger partial charge in [0.15, 0.2) is 0 Å². The van der Waals surface area contributed by atoms with Gasteiger partial charge in [0, 0.05) is 10.2 Å². The predicted molar refractivity (Wildman–Crippen MR) is 76.2 cm³/mol. The lowest BCUT2D eigenvalue weighted by atomic mass is 10.3. The third-order valence-electron chi connectivity index (χ3n) is 2.10. The van der Waals surface area contributed by atoms with E-state index < -0.39 is 0 Å². The molecule has 0 fully saturated rings. The van der Waals surface area contributed by atoms with Gasteiger partial charge in [-0.15, -0.1) is 0 Å². The number of aromatic nitrogens is 3. The fourth-order valence-corrected chi connectivity index (χ4v) is 1.77. The van der Waals surface area contributed by atoms with E-state index in [1.807, 2.05) is 31.2 Å². The van der Waals surface area contributed by atoms with Gasteiger partial charge in [-0.3, -0.25) is 5.43 Å². The van der Waals surface area contributed by atoms with Crippen molar-refractivity contribution < 1.29 is 4.74 Å². The molecular weight excluding hydrogens is 312 g/mol. The van der Waals surface area contributed by atoms with Crippen LogP contribution in [0.15, 0.2) is 28.7 Å². The second kappa shape index (κ2) is 6.30. The minimum Gasteiger partial charge on any atom is -0.464 e. The van der Waals surface area contributed by atoms with Crippen molar-refractivity contribution in [2.24, 2.45) is 5.84 Å². The molecule has 0 aliphatic heterocycles. The number of hydrogen-bond donors (Lipinski definition) is 3. The Morgan fingerprint density at radius 3 is 2.74 bits per heavy atom. The van der Waals surface area contributed by atoms with Gasteiger partial charge in [-0.05, 0) is 25.1 Å². The molecule has 1 aromatic heterocycles. The zero-order valence-electron chi connectivity index (χ0n) is 10.2. The number of benzene rings is 1. The molecule has 8 heteroatoms. The average Bonchev–Trinajstić information content (AvgIpc) is 2.39. The maximum Gasteiger partial charge on any atom is 0.323 e. The highest BCUT2D eigenvalue weighted by Crippen LogP contribution is 2.19. The predicted octanol–water partition coefficient (Wildman–Crippen LogP) is 2.06. The van der Waals surface area contributed by atoms with Gasteiger partial charge in [0.2, 0.25) is 11.9 Å². The molecule has 0 unspecified atom stereocenters. The SMILES string of the molecule is CCOc1nc(NN)nc(Nc2cccc(Br)c2)n1. The molecular formula is C11H13BrN6O. The van der Waals surface area contributed by atoms with Gasteiger partial charge in [-0.1, -0.05) is 22.0 Å². The summed E-state index contributed by atoms with van der Waals surface area (Å²) in [5, 5.41) is 3.05.